The van der Waals surface area contributed by atoms with Gasteiger partial charge in [-0.2, -0.15) is 0 Å². The molecule has 3 aromatic rings. The van der Waals surface area contributed by atoms with Gasteiger partial charge in [0.15, 0.2) is 0 Å². The van der Waals surface area contributed by atoms with Gasteiger partial charge in [-0.25, -0.2) is 0 Å². The van der Waals surface area contributed by atoms with E-state index >= 15 is 0 Å². The first-order valence-electron chi connectivity index (χ1n) is 6.42. The highest BCUT2D eigenvalue weighted by molar-refractivity contribution is 5.98. The lowest BCUT2D eigenvalue weighted by atomic mass is 9.63. The third kappa shape index (κ3) is 1.12. The molecule has 2 heterocycles. The maximum atomic E-state index is 6.05. The Balaban J connectivity index is 2.15. The third-order valence-electron chi connectivity index (χ3n) is 4.41. The van der Waals surface area contributed by atoms with E-state index in [1.807, 2.05) is 18.2 Å². The van der Waals surface area contributed by atoms with Crippen molar-refractivity contribution < 1.29 is 8.83 Å². The highest BCUT2D eigenvalue weighted by Crippen LogP contribution is 2.48. The molecule has 1 aliphatic carbocycles. The molecule has 2 aromatic heterocycles. The van der Waals surface area contributed by atoms with Crippen molar-refractivity contribution in [2.24, 2.45) is 5.73 Å². The molecule has 1 aromatic carbocycles. The molecular weight excluding hydrogens is 226 g/mol. The van der Waals surface area contributed by atoms with Crippen LogP contribution in [0, 0.1) is 0 Å². The van der Waals surface area contributed by atoms with Crippen LogP contribution in [-0.4, -0.2) is 6.54 Å². The molecule has 2 N–H and O–H groups in total. The summed E-state index contributed by atoms with van der Waals surface area (Å²) < 4.78 is 11.3. The molecule has 3 nitrogen and oxygen atoms in total. The summed E-state index contributed by atoms with van der Waals surface area (Å²) in [6, 6.07) is 6.06. The van der Waals surface area contributed by atoms with E-state index in [0.29, 0.717) is 6.54 Å². The van der Waals surface area contributed by atoms with Crippen LogP contribution in [0.1, 0.15) is 24.8 Å². The van der Waals surface area contributed by atoms with Crippen LogP contribution < -0.4 is 5.73 Å². The first kappa shape index (κ1) is 10.2. The van der Waals surface area contributed by atoms with E-state index in [1.165, 1.54) is 12.0 Å². The summed E-state index contributed by atoms with van der Waals surface area (Å²) >= 11 is 0. The van der Waals surface area contributed by atoms with Crippen molar-refractivity contribution in [3.05, 3.63) is 36.3 Å². The number of rotatable bonds is 2. The summed E-state index contributed by atoms with van der Waals surface area (Å²) in [4.78, 5) is 0. The zero-order valence-electron chi connectivity index (χ0n) is 10.1. The molecule has 92 valence electrons. The molecule has 4 rings (SSSR count). The Bertz CT molecular complexity index is 664. The lowest BCUT2D eigenvalue weighted by Crippen LogP contribution is -2.41. The molecule has 3 heteroatoms. The number of fused-ring (bicyclic) bond motifs is 2. The van der Waals surface area contributed by atoms with Crippen LogP contribution in [0.25, 0.3) is 21.9 Å². The predicted molar refractivity (Wildman–Crippen MR) is 70.6 cm³/mol. The number of furan rings is 2. The Labute approximate surface area is 105 Å². The van der Waals surface area contributed by atoms with Gasteiger partial charge in [-0.15, -0.1) is 0 Å². The van der Waals surface area contributed by atoms with E-state index in [0.717, 1.165) is 34.8 Å². The third-order valence-corrected chi connectivity index (χ3v) is 4.41. The Morgan fingerprint density at radius 2 is 2.00 bits per heavy atom. The molecule has 0 aliphatic heterocycles. The van der Waals surface area contributed by atoms with E-state index in [-0.39, 0.29) is 5.41 Å². The summed E-state index contributed by atoms with van der Waals surface area (Å²) in [5, 5.41) is 2.26. The molecule has 1 saturated carbocycles. The zero-order valence-corrected chi connectivity index (χ0v) is 10.1. The fraction of sp³-hybridized carbons (Fsp3) is 0.333. The second-order valence-electron chi connectivity index (χ2n) is 5.26. The molecule has 0 bridgehead atoms. The lowest BCUT2D eigenvalue weighted by molar-refractivity contribution is 0.255. The molecule has 0 spiro atoms. The predicted octanol–water partition coefficient (Wildman–Crippen LogP) is 3.56. The highest BCUT2D eigenvalue weighted by atomic mass is 16.3. The average molecular weight is 241 g/mol. The Morgan fingerprint density at radius 1 is 1.17 bits per heavy atom. The highest BCUT2D eigenvalue weighted by Gasteiger charge is 2.41. The van der Waals surface area contributed by atoms with Gasteiger partial charge in [-0.05, 0) is 31.0 Å². The summed E-state index contributed by atoms with van der Waals surface area (Å²) in [5.41, 5.74) is 9.29. The largest absolute Gasteiger partial charge is 0.464 e. The topological polar surface area (TPSA) is 52.3 Å². The van der Waals surface area contributed by atoms with Gasteiger partial charge in [0.2, 0.25) is 0 Å². The van der Waals surface area contributed by atoms with Gasteiger partial charge in [0, 0.05) is 28.3 Å². The SMILES string of the molecule is NCC1(c2c3ccoc3cc3ccoc23)CCC1. The zero-order chi connectivity index (χ0) is 12.2. The van der Waals surface area contributed by atoms with Crippen molar-refractivity contribution in [3.8, 4) is 0 Å². The van der Waals surface area contributed by atoms with Crippen LogP contribution in [-0.2, 0) is 5.41 Å². The van der Waals surface area contributed by atoms with Crippen molar-refractivity contribution in [2.75, 3.05) is 6.54 Å². The van der Waals surface area contributed by atoms with Crippen LogP contribution in [0.3, 0.4) is 0 Å². The van der Waals surface area contributed by atoms with Crippen molar-refractivity contribution in [3.63, 3.8) is 0 Å². The van der Waals surface area contributed by atoms with E-state index < -0.39 is 0 Å². The van der Waals surface area contributed by atoms with Gasteiger partial charge in [-0.3, -0.25) is 0 Å². The molecule has 0 unspecified atom stereocenters. The van der Waals surface area contributed by atoms with Crippen LogP contribution in [0.15, 0.2) is 39.6 Å². The van der Waals surface area contributed by atoms with E-state index in [9.17, 15) is 0 Å². The molecule has 0 atom stereocenters. The summed E-state index contributed by atoms with van der Waals surface area (Å²) in [5.74, 6) is 0. The maximum Gasteiger partial charge on any atom is 0.138 e. The quantitative estimate of drug-likeness (QED) is 0.746. The second kappa shape index (κ2) is 3.39. The first-order valence-corrected chi connectivity index (χ1v) is 6.42. The van der Waals surface area contributed by atoms with Crippen LogP contribution in [0.2, 0.25) is 0 Å². The minimum Gasteiger partial charge on any atom is -0.464 e. The number of hydrogen-bond acceptors (Lipinski definition) is 3. The average Bonchev–Trinajstić information content (AvgIpc) is 2.94. The van der Waals surface area contributed by atoms with Gasteiger partial charge >= 0.3 is 0 Å². The van der Waals surface area contributed by atoms with Gasteiger partial charge in [0.1, 0.15) is 11.2 Å². The number of hydrogen-bond donors (Lipinski definition) is 1. The monoisotopic (exact) mass is 241 g/mol. The number of benzene rings is 1. The van der Waals surface area contributed by atoms with E-state index in [1.54, 1.807) is 12.5 Å². The number of nitrogens with two attached hydrogens (primary N) is 1. The maximum absolute atomic E-state index is 6.05. The van der Waals surface area contributed by atoms with Crippen LogP contribution in [0.5, 0.6) is 0 Å². The smallest absolute Gasteiger partial charge is 0.138 e. The molecule has 0 saturated heterocycles. The fourth-order valence-corrected chi connectivity index (χ4v) is 3.23. The van der Waals surface area contributed by atoms with Crippen LogP contribution in [0.4, 0.5) is 0 Å². The summed E-state index contributed by atoms with van der Waals surface area (Å²) in [6.45, 7) is 0.674. The van der Waals surface area contributed by atoms with E-state index in [4.69, 9.17) is 14.6 Å². The van der Waals surface area contributed by atoms with Gasteiger partial charge in [-0.1, -0.05) is 6.42 Å². The lowest BCUT2D eigenvalue weighted by Gasteiger charge is -2.41. The molecule has 18 heavy (non-hydrogen) atoms. The Kier molecular flexibility index (Phi) is 1.92. The van der Waals surface area contributed by atoms with Gasteiger partial charge in [0.25, 0.3) is 0 Å². The normalized spacial score (nSPS) is 18.3. The fourth-order valence-electron chi connectivity index (χ4n) is 3.23. The van der Waals surface area contributed by atoms with Gasteiger partial charge < -0.3 is 14.6 Å². The first-order chi connectivity index (χ1) is 8.84. The Hall–Kier alpha value is -1.74. The second-order valence-corrected chi connectivity index (χ2v) is 5.26. The molecule has 0 amide bonds. The van der Waals surface area contributed by atoms with Crippen molar-refractivity contribution in [1.29, 1.82) is 0 Å². The van der Waals surface area contributed by atoms with Crippen molar-refractivity contribution in [2.45, 2.75) is 24.7 Å². The molecule has 1 fully saturated rings. The summed E-state index contributed by atoms with van der Waals surface area (Å²) in [7, 11) is 0. The standard InChI is InChI=1S/C15H15NO2/c16-9-15(4-1-5-15)13-11-3-7-17-12(11)8-10-2-6-18-14(10)13/h2-3,6-8H,1,4-5,9,16H2. The minimum absolute atomic E-state index is 0.0828. The van der Waals surface area contributed by atoms with Crippen molar-refractivity contribution in [1.82, 2.24) is 0 Å². The molecule has 0 radical (unpaired) electrons. The molecule has 1 aliphatic rings. The van der Waals surface area contributed by atoms with Gasteiger partial charge in [0.05, 0.1) is 12.5 Å². The van der Waals surface area contributed by atoms with Crippen molar-refractivity contribution >= 4 is 21.9 Å². The molecular formula is C15H15NO2. The minimum atomic E-state index is 0.0828. The summed E-state index contributed by atoms with van der Waals surface area (Å²) in [6.07, 6.45) is 7.02. The Morgan fingerprint density at radius 3 is 2.72 bits per heavy atom. The van der Waals surface area contributed by atoms with Crippen LogP contribution >= 0.6 is 0 Å². The van der Waals surface area contributed by atoms with E-state index in [2.05, 4.69) is 0 Å².